The van der Waals surface area contributed by atoms with E-state index in [0.29, 0.717) is 5.75 Å². The molecule has 0 aliphatic heterocycles. The third kappa shape index (κ3) is 6.56. The summed E-state index contributed by atoms with van der Waals surface area (Å²) in [6, 6.07) is 7.19. The maximum Gasteiger partial charge on any atom is 0.344 e. The normalized spacial score (nSPS) is 11.6. The Balaban J connectivity index is 2.25. The Kier molecular flexibility index (Phi) is 7.08. The first kappa shape index (κ1) is 16.5. The topological polar surface area (TPSA) is 64.6 Å². The van der Waals surface area contributed by atoms with E-state index >= 15 is 0 Å². The molecule has 1 aromatic rings. The van der Waals surface area contributed by atoms with Gasteiger partial charge in [0.15, 0.2) is 13.2 Å². The van der Waals surface area contributed by atoms with Crippen LogP contribution in [0.4, 0.5) is 0 Å². The zero-order chi connectivity index (χ0) is 15.0. The van der Waals surface area contributed by atoms with Gasteiger partial charge in [-0.1, -0.05) is 28.9 Å². The average molecular weight is 344 g/mol. The molecule has 0 saturated heterocycles. The summed E-state index contributed by atoms with van der Waals surface area (Å²) in [5, 5.41) is 2.70. The number of amides is 1. The summed E-state index contributed by atoms with van der Waals surface area (Å²) in [7, 11) is 0. The summed E-state index contributed by atoms with van der Waals surface area (Å²) in [5.74, 6) is -0.334. The van der Waals surface area contributed by atoms with Gasteiger partial charge in [-0.15, -0.1) is 0 Å². The molecule has 1 atom stereocenters. The van der Waals surface area contributed by atoms with Crippen molar-refractivity contribution in [2.45, 2.75) is 26.3 Å². The predicted octanol–water partition coefficient (Wildman–Crippen LogP) is 2.29. The largest absolute Gasteiger partial charge is 0.482 e. The summed E-state index contributed by atoms with van der Waals surface area (Å²) in [6.45, 7) is 3.33. The quantitative estimate of drug-likeness (QED) is 0.771. The maximum absolute atomic E-state index is 11.4. The van der Waals surface area contributed by atoms with Gasteiger partial charge in [0.2, 0.25) is 0 Å². The van der Waals surface area contributed by atoms with Crippen LogP contribution in [0, 0.1) is 0 Å². The zero-order valence-electron chi connectivity index (χ0n) is 11.5. The lowest BCUT2D eigenvalue weighted by Crippen LogP contribution is -2.35. The summed E-state index contributed by atoms with van der Waals surface area (Å²) in [4.78, 5) is 22.8. The second-order valence-electron chi connectivity index (χ2n) is 4.28. The average Bonchev–Trinajstić information content (AvgIpc) is 2.42. The fourth-order valence-electron chi connectivity index (χ4n) is 1.31. The fourth-order valence-corrected chi connectivity index (χ4v) is 1.68. The number of nitrogens with one attached hydrogen (secondary N) is 1. The first-order valence-corrected chi connectivity index (χ1v) is 7.14. The van der Waals surface area contributed by atoms with E-state index in [4.69, 9.17) is 9.47 Å². The van der Waals surface area contributed by atoms with Crippen LogP contribution in [0.15, 0.2) is 28.7 Å². The number of carbonyl (C=O) groups excluding carboxylic acids is 2. The van der Waals surface area contributed by atoms with E-state index in [9.17, 15) is 9.59 Å². The Labute approximate surface area is 126 Å². The number of benzene rings is 1. The van der Waals surface area contributed by atoms with Crippen molar-refractivity contribution >= 4 is 27.8 Å². The van der Waals surface area contributed by atoms with Crippen LogP contribution in [0.1, 0.15) is 20.3 Å². The van der Waals surface area contributed by atoms with Crippen LogP contribution in [-0.4, -0.2) is 31.1 Å². The molecule has 0 radical (unpaired) electrons. The van der Waals surface area contributed by atoms with Crippen molar-refractivity contribution < 1.29 is 19.1 Å². The van der Waals surface area contributed by atoms with Crippen molar-refractivity contribution in [3.8, 4) is 5.75 Å². The molecule has 0 aliphatic rings. The molecule has 0 aliphatic carbocycles. The van der Waals surface area contributed by atoms with E-state index in [0.717, 1.165) is 10.9 Å². The SMILES string of the molecule is CCC(C)NC(=O)COC(=O)COc1cccc(Br)c1. The smallest absolute Gasteiger partial charge is 0.344 e. The molecular weight excluding hydrogens is 326 g/mol. The van der Waals surface area contributed by atoms with Crippen molar-refractivity contribution in [2.24, 2.45) is 0 Å². The second-order valence-corrected chi connectivity index (χ2v) is 5.20. The first-order chi connectivity index (χ1) is 9.51. The van der Waals surface area contributed by atoms with Gasteiger partial charge in [0, 0.05) is 10.5 Å². The highest BCUT2D eigenvalue weighted by Gasteiger charge is 2.10. The van der Waals surface area contributed by atoms with Crippen LogP contribution in [0.3, 0.4) is 0 Å². The Morgan fingerprint density at radius 1 is 1.35 bits per heavy atom. The highest BCUT2D eigenvalue weighted by molar-refractivity contribution is 9.10. The summed E-state index contributed by atoms with van der Waals surface area (Å²) >= 11 is 3.30. The van der Waals surface area contributed by atoms with Gasteiger partial charge in [0.1, 0.15) is 5.75 Å². The molecule has 0 heterocycles. The molecular formula is C14H18BrNO4. The van der Waals surface area contributed by atoms with Crippen molar-refractivity contribution in [1.82, 2.24) is 5.32 Å². The van der Waals surface area contributed by atoms with Gasteiger partial charge < -0.3 is 14.8 Å². The van der Waals surface area contributed by atoms with Crippen molar-refractivity contribution in [1.29, 1.82) is 0 Å². The molecule has 6 heteroatoms. The van der Waals surface area contributed by atoms with Gasteiger partial charge in [0.05, 0.1) is 0 Å². The third-order valence-electron chi connectivity index (χ3n) is 2.54. The van der Waals surface area contributed by atoms with Crippen LogP contribution in [-0.2, 0) is 14.3 Å². The molecule has 0 bridgehead atoms. The minimum Gasteiger partial charge on any atom is -0.482 e. The van der Waals surface area contributed by atoms with E-state index in [1.54, 1.807) is 18.2 Å². The number of ether oxygens (including phenoxy) is 2. The molecule has 1 amide bonds. The molecule has 0 spiro atoms. The lowest BCUT2D eigenvalue weighted by molar-refractivity contribution is -0.150. The molecule has 5 nitrogen and oxygen atoms in total. The summed E-state index contributed by atoms with van der Waals surface area (Å²) < 4.78 is 10.9. The molecule has 1 rings (SSSR count). The van der Waals surface area contributed by atoms with Gasteiger partial charge >= 0.3 is 5.97 Å². The van der Waals surface area contributed by atoms with Gasteiger partial charge in [-0.05, 0) is 31.5 Å². The van der Waals surface area contributed by atoms with Crippen LogP contribution in [0.2, 0.25) is 0 Å². The highest BCUT2D eigenvalue weighted by atomic mass is 79.9. The Bertz CT molecular complexity index is 464. The monoisotopic (exact) mass is 343 g/mol. The molecule has 0 aromatic heterocycles. The number of hydrogen-bond donors (Lipinski definition) is 1. The van der Waals surface area contributed by atoms with Gasteiger partial charge in [-0.25, -0.2) is 4.79 Å². The van der Waals surface area contributed by atoms with Gasteiger partial charge in [-0.3, -0.25) is 4.79 Å². The van der Waals surface area contributed by atoms with Crippen LogP contribution in [0.25, 0.3) is 0 Å². The van der Waals surface area contributed by atoms with Crippen LogP contribution in [0.5, 0.6) is 5.75 Å². The van der Waals surface area contributed by atoms with Gasteiger partial charge in [0.25, 0.3) is 5.91 Å². The molecule has 0 fully saturated rings. The summed E-state index contributed by atoms with van der Waals surface area (Å²) in [5.41, 5.74) is 0. The Morgan fingerprint density at radius 2 is 2.10 bits per heavy atom. The van der Waals surface area contributed by atoms with E-state index < -0.39 is 5.97 Å². The number of halogens is 1. The number of hydrogen-bond acceptors (Lipinski definition) is 4. The van der Waals surface area contributed by atoms with E-state index in [1.807, 2.05) is 19.9 Å². The van der Waals surface area contributed by atoms with Crippen LogP contribution >= 0.6 is 15.9 Å². The standard InChI is InChI=1S/C14H18BrNO4/c1-3-10(2)16-13(17)8-20-14(18)9-19-12-6-4-5-11(15)7-12/h4-7,10H,3,8-9H2,1-2H3,(H,16,17). The molecule has 1 unspecified atom stereocenters. The Morgan fingerprint density at radius 3 is 2.75 bits per heavy atom. The molecule has 1 aromatic carbocycles. The number of rotatable bonds is 7. The highest BCUT2D eigenvalue weighted by Crippen LogP contribution is 2.17. The Hall–Kier alpha value is -1.56. The van der Waals surface area contributed by atoms with Crippen molar-refractivity contribution in [3.63, 3.8) is 0 Å². The molecule has 1 N–H and O–H groups in total. The van der Waals surface area contributed by atoms with E-state index in [2.05, 4.69) is 21.2 Å². The number of esters is 1. The predicted molar refractivity (Wildman–Crippen MR) is 78.5 cm³/mol. The maximum atomic E-state index is 11.4. The second kappa shape index (κ2) is 8.58. The summed E-state index contributed by atoms with van der Waals surface area (Å²) in [6.07, 6.45) is 0.825. The van der Waals surface area contributed by atoms with E-state index in [1.165, 1.54) is 0 Å². The molecule has 20 heavy (non-hydrogen) atoms. The van der Waals surface area contributed by atoms with Crippen LogP contribution < -0.4 is 10.1 Å². The lowest BCUT2D eigenvalue weighted by Gasteiger charge is -2.11. The fraction of sp³-hybridized carbons (Fsp3) is 0.429. The number of carbonyl (C=O) groups is 2. The zero-order valence-corrected chi connectivity index (χ0v) is 13.1. The third-order valence-corrected chi connectivity index (χ3v) is 3.03. The lowest BCUT2D eigenvalue weighted by atomic mass is 10.2. The first-order valence-electron chi connectivity index (χ1n) is 6.34. The van der Waals surface area contributed by atoms with E-state index in [-0.39, 0.29) is 25.2 Å². The van der Waals surface area contributed by atoms with Crippen molar-refractivity contribution in [2.75, 3.05) is 13.2 Å². The minimum absolute atomic E-state index is 0.0686. The molecule has 0 saturated carbocycles. The van der Waals surface area contributed by atoms with Gasteiger partial charge in [-0.2, -0.15) is 0 Å². The molecule has 110 valence electrons. The minimum atomic E-state index is -0.579. The van der Waals surface area contributed by atoms with Crippen molar-refractivity contribution in [3.05, 3.63) is 28.7 Å².